The molecule has 0 radical (unpaired) electrons. The number of nitrogens with two attached hydrogens (primary N) is 2. The fourth-order valence-electron chi connectivity index (χ4n) is 5.09. The average Bonchev–Trinajstić information content (AvgIpc) is 2.86. The van der Waals surface area contributed by atoms with Gasteiger partial charge in [0.05, 0.1) is 6.54 Å². The lowest BCUT2D eigenvalue weighted by atomic mass is 9.79. The third-order valence-electron chi connectivity index (χ3n) is 7.54. The Morgan fingerprint density at radius 1 is 1.26 bits per heavy atom. The molecule has 1 aliphatic rings. The Labute approximate surface area is 234 Å². The van der Waals surface area contributed by atoms with Gasteiger partial charge in [-0.15, -0.1) is 0 Å². The predicted molar refractivity (Wildman–Crippen MR) is 161 cm³/mol. The van der Waals surface area contributed by atoms with E-state index < -0.39 is 5.66 Å². The molecule has 0 spiro atoms. The van der Waals surface area contributed by atoms with E-state index in [9.17, 15) is 9.59 Å². The Bertz CT molecular complexity index is 1090. The molecule has 1 aromatic carbocycles. The highest BCUT2D eigenvalue weighted by atomic mass is 16.1. The number of aliphatic imine (C=N–C) groups is 1. The first kappa shape index (κ1) is 32.0. The number of hydrogen-bond acceptors (Lipinski definition) is 6. The predicted octanol–water partition coefficient (Wildman–Crippen LogP) is 5.12. The minimum atomic E-state index is -0.567. The molecule has 1 aliphatic carbocycles. The molecule has 214 valence electrons. The lowest BCUT2D eigenvalue weighted by Gasteiger charge is -2.47. The monoisotopic (exact) mass is 536 g/mol. The van der Waals surface area contributed by atoms with Gasteiger partial charge in [-0.05, 0) is 93.2 Å². The summed E-state index contributed by atoms with van der Waals surface area (Å²) in [4.78, 5) is 32.2. The third-order valence-corrected chi connectivity index (χ3v) is 7.54. The van der Waals surface area contributed by atoms with Crippen LogP contribution >= 0.6 is 0 Å². The van der Waals surface area contributed by atoms with Gasteiger partial charge in [-0.3, -0.25) is 24.9 Å². The molecule has 8 heteroatoms. The number of benzene rings is 1. The summed E-state index contributed by atoms with van der Waals surface area (Å²) in [5.41, 5.74) is 13.8. The highest BCUT2D eigenvalue weighted by Crippen LogP contribution is 2.43. The summed E-state index contributed by atoms with van der Waals surface area (Å²) in [5.74, 6) is 0.235. The number of amidine groups is 1. The molecular weight excluding hydrogens is 488 g/mol. The number of nitrogens with zero attached hydrogens (tertiary/aromatic N) is 2. The molecule has 0 aromatic heterocycles. The van der Waals surface area contributed by atoms with Crippen LogP contribution in [0.5, 0.6) is 0 Å². The Morgan fingerprint density at radius 3 is 2.33 bits per heavy atom. The average molecular weight is 537 g/mol. The van der Waals surface area contributed by atoms with Crippen LogP contribution < -0.4 is 16.8 Å². The number of carbonyl (C=O) groups is 2. The van der Waals surface area contributed by atoms with Crippen molar-refractivity contribution in [3.8, 4) is 0 Å². The maximum atomic E-state index is 12.5. The molecule has 1 fully saturated rings. The van der Waals surface area contributed by atoms with Crippen molar-refractivity contribution in [2.45, 2.75) is 84.8 Å². The van der Waals surface area contributed by atoms with Crippen LogP contribution in [0.25, 0.3) is 0 Å². The third kappa shape index (κ3) is 9.46. The van der Waals surface area contributed by atoms with Gasteiger partial charge in [0.25, 0.3) is 5.91 Å². The highest BCUT2D eigenvalue weighted by Gasteiger charge is 2.41. The van der Waals surface area contributed by atoms with Crippen molar-refractivity contribution in [2.24, 2.45) is 27.8 Å². The van der Waals surface area contributed by atoms with Crippen molar-refractivity contribution in [2.75, 3.05) is 13.6 Å². The maximum absolute atomic E-state index is 12.5. The summed E-state index contributed by atoms with van der Waals surface area (Å²) in [6.45, 7) is 14.8. The second kappa shape index (κ2) is 13.7. The Hall–Kier alpha value is -3.26. The van der Waals surface area contributed by atoms with Crippen LogP contribution in [0, 0.1) is 16.7 Å². The van der Waals surface area contributed by atoms with Crippen molar-refractivity contribution in [1.29, 1.82) is 5.41 Å². The molecule has 2 rings (SSSR count). The first-order chi connectivity index (χ1) is 18.2. The van der Waals surface area contributed by atoms with E-state index in [2.05, 4.69) is 51.5 Å². The van der Waals surface area contributed by atoms with Gasteiger partial charge in [0.2, 0.25) is 0 Å². The molecule has 1 saturated carbocycles. The zero-order valence-corrected chi connectivity index (χ0v) is 24.6. The van der Waals surface area contributed by atoms with Gasteiger partial charge in [-0.25, -0.2) is 0 Å². The molecule has 8 nitrogen and oxygen atoms in total. The van der Waals surface area contributed by atoms with E-state index in [1.165, 1.54) is 0 Å². The smallest absolute Gasteiger partial charge is 0.251 e. The maximum Gasteiger partial charge on any atom is 0.251 e. The van der Waals surface area contributed by atoms with Gasteiger partial charge in [0.15, 0.2) is 6.29 Å². The van der Waals surface area contributed by atoms with Gasteiger partial charge in [0.1, 0.15) is 17.2 Å². The number of amides is 1. The number of rotatable bonds is 12. The van der Waals surface area contributed by atoms with E-state index in [-0.39, 0.29) is 29.7 Å². The van der Waals surface area contributed by atoms with Gasteiger partial charge >= 0.3 is 0 Å². The number of aldehydes is 1. The number of nitrogens with one attached hydrogen (secondary N) is 2. The lowest BCUT2D eigenvalue weighted by molar-refractivity contribution is -0.102. The van der Waals surface area contributed by atoms with Crippen LogP contribution in [0.15, 0.2) is 53.2 Å². The molecule has 6 N–H and O–H groups in total. The van der Waals surface area contributed by atoms with Crippen LogP contribution in [0.4, 0.5) is 0 Å². The minimum absolute atomic E-state index is 0.0136. The Balaban J connectivity index is 2.53. The molecule has 1 aromatic rings. The van der Waals surface area contributed by atoms with Gasteiger partial charge < -0.3 is 16.8 Å². The van der Waals surface area contributed by atoms with Crippen molar-refractivity contribution < 1.29 is 9.59 Å². The van der Waals surface area contributed by atoms with Crippen LogP contribution in [0.1, 0.15) is 95.1 Å². The quantitative estimate of drug-likeness (QED) is 0.127. The molecule has 39 heavy (non-hydrogen) atoms. The lowest BCUT2D eigenvalue weighted by Crippen LogP contribution is -2.50. The topological polar surface area (TPSA) is 138 Å². The van der Waals surface area contributed by atoms with E-state index in [0.29, 0.717) is 28.5 Å². The fourth-order valence-corrected chi connectivity index (χ4v) is 5.09. The molecule has 1 atom stereocenters. The Morgan fingerprint density at radius 2 is 1.85 bits per heavy atom. The standard InChI is InChI=1S/C31H48N6O2/c1-21-12-16-31(17-13-21,36-26(20-38)22(2)18-23(3)32)37(7)27(14-15-30(4,5)6)24-8-10-25(11-9-24)29(39)35-19-28(33)34/h8-11,18,20-21,27H,2,12-17,19,32H2,1,3-7H3,(H3,33,34)(H,35,39)/b23-18-,36-26+. The zero-order chi connectivity index (χ0) is 29.4. The first-order valence-corrected chi connectivity index (χ1v) is 13.8. The van der Waals surface area contributed by atoms with E-state index in [4.69, 9.17) is 21.9 Å². The summed E-state index contributed by atoms with van der Waals surface area (Å²) >= 11 is 0. The fraction of sp³-hybridized carbons (Fsp3) is 0.548. The SMILES string of the molecule is C=C(/C=C(/C)N)/C(C=O)=N/C1(N(C)C(CCC(C)(C)C)c2ccc(C(=O)NCC(=N)N)cc2)CCC(C)CC1. The molecule has 0 saturated heterocycles. The number of hydrogen-bond donors (Lipinski definition) is 4. The van der Waals surface area contributed by atoms with Crippen LogP contribution in [-0.2, 0) is 4.79 Å². The van der Waals surface area contributed by atoms with Crippen molar-refractivity contribution in [3.63, 3.8) is 0 Å². The van der Waals surface area contributed by atoms with Gasteiger partial charge in [-0.1, -0.05) is 46.4 Å². The van der Waals surface area contributed by atoms with Crippen molar-refractivity contribution >= 4 is 23.7 Å². The largest absolute Gasteiger partial charge is 0.402 e. The zero-order valence-electron chi connectivity index (χ0n) is 24.6. The molecule has 0 heterocycles. The van der Waals surface area contributed by atoms with Crippen molar-refractivity contribution in [1.82, 2.24) is 10.2 Å². The number of allylic oxidation sites excluding steroid dienone is 3. The summed E-state index contributed by atoms with van der Waals surface area (Å²) < 4.78 is 0. The second-order valence-corrected chi connectivity index (χ2v) is 12.2. The first-order valence-electron chi connectivity index (χ1n) is 13.8. The minimum Gasteiger partial charge on any atom is -0.402 e. The van der Waals surface area contributed by atoms with E-state index in [1.54, 1.807) is 13.0 Å². The molecule has 0 aliphatic heterocycles. The van der Waals surface area contributed by atoms with E-state index >= 15 is 0 Å². The summed E-state index contributed by atoms with van der Waals surface area (Å²) in [7, 11) is 2.11. The summed E-state index contributed by atoms with van der Waals surface area (Å²) in [6, 6.07) is 7.64. The van der Waals surface area contributed by atoms with Crippen LogP contribution in [0.2, 0.25) is 0 Å². The summed E-state index contributed by atoms with van der Waals surface area (Å²) in [5, 5.41) is 10.0. The van der Waals surface area contributed by atoms with Crippen LogP contribution in [-0.4, -0.2) is 47.9 Å². The number of carbonyl (C=O) groups excluding carboxylic acids is 2. The van der Waals surface area contributed by atoms with E-state index in [0.717, 1.165) is 50.4 Å². The normalized spacial score (nSPS) is 21.4. The highest BCUT2D eigenvalue weighted by molar-refractivity contribution is 6.37. The second-order valence-electron chi connectivity index (χ2n) is 12.2. The van der Waals surface area contributed by atoms with Crippen LogP contribution in [0.3, 0.4) is 0 Å². The summed E-state index contributed by atoms with van der Waals surface area (Å²) in [6.07, 6.45) is 8.05. The van der Waals surface area contributed by atoms with Gasteiger partial charge in [0, 0.05) is 17.3 Å². The van der Waals surface area contributed by atoms with Crippen molar-refractivity contribution in [3.05, 3.63) is 59.3 Å². The molecule has 1 amide bonds. The molecule has 1 unspecified atom stereocenters. The molecule has 0 bridgehead atoms. The molecular formula is C31H48N6O2. The van der Waals surface area contributed by atoms with E-state index in [1.807, 2.05) is 24.3 Å². The van der Waals surface area contributed by atoms with Gasteiger partial charge in [-0.2, -0.15) is 0 Å². The Kier molecular flexibility index (Phi) is 11.2.